The summed E-state index contributed by atoms with van der Waals surface area (Å²) < 4.78 is 31.1. The van der Waals surface area contributed by atoms with Crippen molar-refractivity contribution in [2.24, 2.45) is 5.92 Å². The largest absolute Gasteiger partial charge is 0.494 e. The minimum atomic E-state index is -2.69. The molecule has 0 saturated carbocycles. The second-order valence-electron chi connectivity index (χ2n) is 6.27. The maximum atomic E-state index is 12.8. The summed E-state index contributed by atoms with van der Waals surface area (Å²) in [6, 6.07) is 7.81. The summed E-state index contributed by atoms with van der Waals surface area (Å²) in [5.74, 6) is -2.87. The van der Waals surface area contributed by atoms with Crippen LogP contribution in [0.25, 0.3) is 0 Å². The quantitative estimate of drug-likeness (QED) is 0.630. The molecule has 1 aromatic carbocycles. The summed E-state index contributed by atoms with van der Waals surface area (Å²) in [7, 11) is 0. The molecule has 148 valence electrons. The van der Waals surface area contributed by atoms with E-state index in [2.05, 4.69) is 5.32 Å². The second-order valence-corrected chi connectivity index (χ2v) is 6.27. The Morgan fingerprint density at radius 3 is 2.59 bits per heavy atom. The van der Waals surface area contributed by atoms with Gasteiger partial charge in [-0.1, -0.05) is 18.2 Å². The summed E-state index contributed by atoms with van der Waals surface area (Å²) in [5, 5.41) is 11.5. The molecule has 1 aliphatic rings. The molecule has 2 rings (SSSR count). The zero-order chi connectivity index (χ0) is 19.8. The van der Waals surface area contributed by atoms with E-state index in [1.807, 2.05) is 18.2 Å². The second kappa shape index (κ2) is 9.84. The molecule has 0 bridgehead atoms. The van der Waals surface area contributed by atoms with Crippen LogP contribution in [0.5, 0.6) is 5.75 Å². The van der Waals surface area contributed by atoms with Gasteiger partial charge < -0.3 is 20.1 Å². The highest BCUT2D eigenvalue weighted by atomic mass is 19.3. The van der Waals surface area contributed by atoms with Gasteiger partial charge in [-0.2, -0.15) is 0 Å². The maximum absolute atomic E-state index is 12.8. The topological polar surface area (TPSA) is 95.9 Å². The normalized spacial score (nSPS) is 19.1. The number of aliphatic carboxylic acids is 1. The van der Waals surface area contributed by atoms with E-state index >= 15 is 0 Å². The number of hydrogen-bond donors (Lipinski definition) is 2. The standard InChI is InChI=1S/C18H22F2N2O5/c19-17(20)12-9-14(18(25)26)22(11-12)16(24)10-21-15(23)7-4-8-27-13-5-2-1-3-6-13/h1-3,5-6,12,14,17H,4,7-11H2,(H,21,23)(H,25,26)/t12?,14-/m1/s1. The zero-order valence-corrected chi connectivity index (χ0v) is 14.6. The van der Waals surface area contributed by atoms with Crippen LogP contribution in [0.2, 0.25) is 0 Å². The van der Waals surface area contributed by atoms with Gasteiger partial charge in [0.1, 0.15) is 11.8 Å². The highest BCUT2D eigenvalue weighted by Gasteiger charge is 2.42. The van der Waals surface area contributed by atoms with E-state index in [4.69, 9.17) is 9.84 Å². The first-order valence-electron chi connectivity index (χ1n) is 8.63. The van der Waals surface area contributed by atoms with E-state index < -0.39 is 42.7 Å². The predicted molar refractivity (Wildman–Crippen MR) is 91.4 cm³/mol. The number of hydrogen-bond acceptors (Lipinski definition) is 4. The van der Waals surface area contributed by atoms with Crippen molar-refractivity contribution in [1.29, 1.82) is 0 Å². The third-order valence-electron chi connectivity index (χ3n) is 4.29. The average molecular weight is 384 g/mol. The zero-order valence-electron chi connectivity index (χ0n) is 14.6. The molecule has 9 heteroatoms. The van der Waals surface area contributed by atoms with Gasteiger partial charge in [-0.25, -0.2) is 13.6 Å². The lowest BCUT2D eigenvalue weighted by Crippen LogP contribution is -2.45. The number of nitrogens with zero attached hydrogens (tertiary/aromatic N) is 1. The van der Waals surface area contributed by atoms with Gasteiger partial charge in [-0.3, -0.25) is 9.59 Å². The number of likely N-dealkylation sites (tertiary alicyclic amines) is 1. The molecular formula is C18H22F2N2O5. The van der Waals surface area contributed by atoms with Gasteiger partial charge in [0.15, 0.2) is 0 Å². The molecule has 1 fully saturated rings. The van der Waals surface area contributed by atoms with Crippen molar-refractivity contribution in [1.82, 2.24) is 10.2 Å². The third-order valence-corrected chi connectivity index (χ3v) is 4.29. The number of benzene rings is 1. The molecule has 0 spiro atoms. The van der Waals surface area contributed by atoms with Crippen LogP contribution in [0, 0.1) is 5.92 Å². The summed E-state index contributed by atoms with van der Waals surface area (Å²) in [6.45, 7) is -0.416. The highest BCUT2D eigenvalue weighted by molar-refractivity contribution is 5.88. The van der Waals surface area contributed by atoms with Crippen LogP contribution in [-0.4, -0.2) is 60.0 Å². The number of para-hydroxylation sites is 1. The predicted octanol–water partition coefficient (Wildman–Crippen LogP) is 1.53. The van der Waals surface area contributed by atoms with Crippen molar-refractivity contribution >= 4 is 17.8 Å². The minimum Gasteiger partial charge on any atom is -0.494 e. The van der Waals surface area contributed by atoms with Crippen molar-refractivity contribution in [2.45, 2.75) is 31.7 Å². The van der Waals surface area contributed by atoms with Crippen LogP contribution in [0.3, 0.4) is 0 Å². The smallest absolute Gasteiger partial charge is 0.326 e. The van der Waals surface area contributed by atoms with Crippen LogP contribution < -0.4 is 10.1 Å². The van der Waals surface area contributed by atoms with Gasteiger partial charge in [0.2, 0.25) is 18.2 Å². The number of ether oxygens (including phenoxy) is 1. The number of carboxylic acid groups (broad SMARTS) is 1. The van der Waals surface area contributed by atoms with Crippen LogP contribution in [0.15, 0.2) is 30.3 Å². The van der Waals surface area contributed by atoms with E-state index in [1.165, 1.54) is 0 Å². The monoisotopic (exact) mass is 384 g/mol. The molecule has 0 radical (unpaired) electrons. The molecule has 2 N–H and O–H groups in total. The molecule has 1 saturated heterocycles. The van der Waals surface area contributed by atoms with Gasteiger partial charge in [-0.05, 0) is 25.0 Å². The molecule has 27 heavy (non-hydrogen) atoms. The Balaban J connectivity index is 1.70. The first kappa shape index (κ1) is 20.6. The Morgan fingerprint density at radius 1 is 1.26 bits per heavy atom. The molecule has 0 aromatic heterocycles. The van der Waals surface area contributed by atoms with Crippen molar-refractivity contribution < 1.29 is 33.0 Å². The molecule has 2 amide bonds. The Kier molecular flexibility index (Phi) is 7.51. The fraction of sp³-hybridized carbons (Fsp3) is 0.500. The van der Waals surface area contributed by atoms with Gasteiger partial charge in [-0.15, -0.1) is 0 Å². The van der Waals surface area contributed by atoms with Gasteiger partial charge in [0.25, 0.3) is 0 Å². The fourth-order valence-corrected chi connectivity index (χ4v) is 2.86. The molecule has 1 unspecified atom stereocenters. The lowest BCUT2D eigenvalue weighted by Gasteiger charge is -2.21. The summed E-state index contributed by atoms with van der Waals surface area (Å²) in [6.07, 6.45) is -2.42. The van der Waals surface area contributed by atoms with E-state index in [0.29, 0.717) is 18.8 Å². The lowest BCUT2D eigenvalue weighted by molar-refractivity contribution is -0.148. The van der Waals surface area contributed by atoms with Gasteiger partial charge in [0.05, 0.1) is 13.2 Å². The first-order valence-corrected chi connectivity index (χ1v) is 8.63. The van der Waals surface area contributed by atoms with E-state index in [9.17, 15) is 23.2 Å². The third kappa shape index (κ3) is 6.19. The molecule has 2 atom stereocenters. The average Bonchev–Trinajstić information content (AvgIpc) is 3.10. The highest BCUT2D eigenvalue weighted by Crippen LogP contribution is 2.28. The number of nitrogens with one attached hydrogen (secondary N) is 1. The van der Waals surface area contributed by atoms with Crippen molar-refractivity contribution in [3.63, 3.8) is 0 Å². The van der Waals surface area contributed by atoms with Gasteiger partial charge >= 0.3 is 5.97 Å². The molecule has 7 nitrogen and oxygen atoms in total. The molecule has 1 heterocycles. The van der Waals surface area contributed by atoms with Crippen LogP contribution >= 0.6 is 0 Å². The Hall–Kier alpha value is -2.71. The number of carbonyl (C=O) groups is 3. The summed E-state index contributed by atoms with van der Waals surface area (Å²) in [4.78, 5) is 36.0. The number of amides is 2. The number of alkyl halides is 2. The minimum absolute atomic E-state index is 0.127. The maximum Gasteiger partial charge on any atom is 0.326 e. The van der Waals surface area contributed by atoms with Crippen LogP contribution in [0.1, 0.15) is 19.3 Å². The Bertz CT molecular complexity index is 656. The summed E-state index contributed by atoms with van der Waals surface area (Å²) >= 11 is 0. The molecular weight excluding hydrogens is 362 g/mol. The number of carbonyl (C=O) groups excluding carboxylic acids is 2. The number of halogens is 2. The molecule has 1 aromatic rings. The van der Waals surface area contributed by atoms with Crippen LogP contribution in [0.4, 0.5) is 8.78 Å². The van der Waals surface area contributed by atoms with Crippen molar-refractivity contribution in [3.05, 3.63) is 30.3 Å². The summed E-state index contributed by atoms with van der Waals surface area (Å²) in [5.41, 5.74) is 0. The lowest BCUT2D eigenvalue weighted by atomic mass is 10.1. The first-order chi connectivity index (χ1) is 12.9. The van der Waals surface area contributed by atoms with E-state index in [1.54, 1.807) is 12.1 Å². The Labute approximate surface area is 155 Å². The Morgan fingerprint density at radius 2 is 1.96 bits per heavy atom. The van der Waals surface area contributed by atoms with Crippen molar-refractivity contribution in [3.8, 4) is 5.75 Å². The van der Waals surface area contributed by atoms with E-state index in [-0.39, 0.29) is 19.4 Å². The SMILES string of the molecule is O=C(CCCOc1ccccc1)NCC(=O)N1CC(C(F)F)C[C@@H]1C(=O)O. The molecule has 0 aliphatic carbocycles. The number of rotatable bonds is 9. The fourth-order valence-electron chi connectivity index (χ4n) is 2.86. The van der Waals surface area contributed by atoms with Crippen molar-refractivity contribution in [2.75, 3.05) is 19.7 Å². The van der Waals surface area contributed by atoms with Crippen LogP contribution in [-0.2, 0) is 14.4 Å². The van der Waals surface area contributed by atoms with Gasteiger partial charge in [0, 0.05) is 18.9 Å². The van der Waals surface area contributed by atoms with E-state index in [0.717, 1.165) is 4.90 Å². The number of carboxylic acids is 1. The molecule has 1 aliphatic heterocycles.